The quantitative estimate of drug-likeness (QED) is 0.433. The Labute approximate surface area is 195 Å². The van der Waals surface area contributed by atoms with Crippen LogP contribution in [-0.4, -0.2) is 59.8 Å². The lowest BCUT2D eigenvalue weighted by Gasteiger charge is -2.41. The Balaban J connectivity index is 1.40. The van der Waals surface area contributed by atoms with Gasteiger partial charge in [-0.15, -0.1) is 0 Å². The molecule has 0 bridgehead atoms. The number of benzene rings is 1. The molecule has 1 amide bonds. The topological polar surface area (TPSA) is 67.5 Å². The van der Waals surface area contributed by atoms with Gasteiger partial charge in [0.15, 0.2) is 11.6 Å². The van der Waals surface area contributed by atoms with Crippen molar-refractivity contribution in [3.05, 3.63) is 53.1 Å². The first-order valence-corrected chi connectivity index (χ1v) is 11.7. The normalized spacial score (nSPS) is 25.4. The van der Waals surface area contributed by atoms with E-state index in [2.05, 4.69) is 10.2 Å². The standard InChI is InChI=1S/C24H29F4N3O3/c25-10-13-33-24(32)31-12-1-2-17(20-9-11-29-30-20)21(31)14-34-16-5-3-15(4-6-16)22-18(26)7-8-19(27)23(22)28/h7-9,11,15-17,21H,1-6,10,12-14H2,(H,29,30)/t15-,16+,17?,21?. The monoisotopic (exact) mass is 483 g/mol. The summed E-state index contributed by atoms with van der Waals surface area (Å²) in [5, 5.41) is 6.99. The Bertz CT molecular complexity index is 951. The van der Waals surface area contributed by atoms with E-state index in [0.717, 1.165) is 30.7 Å². The van der Waals surface area contributed by atoms with Crippen molar-refractivity contribution in [2.45, 2.75) is 62.5 Å². The number of ether oxygens (including phenoxy) is 2. The van der Waals surface area contributed by atoms with Gasteiger partial charge in [0.05, 0.1) is 18.8 Å². The maximum atomic E-state index is 14.2. The molecule has 6 nitrogen and oxygen atoms in total. The third-order valence-corrected chi connectivity index (χ3v) is 6.90. The van der Waals surface area contributed by atoms with Crippen molar-refractivity contribution in [2.24, 2.45) is 0 Å². The molecular formula is C24H29F4N3O3. The highest BCUT2D eigenvalue weighted by Crippen LogP contribution is 2.38. The number of hydrogen-bond donors (Lipinski definition) is 1. The third-order valence-electron chi connectivity index (χ3n) is 6.90. The van der Waals surface area contributed by atoms with Crippen LogP contribution in [0.4, 0.5) is 22.4 Å². The maximum Gasteiger partial charge on any atom is 0.410 e. The molecule has 1 aromatic heterocycles. The smallest absolute Gasteiger partial charge is 0.410 e. The molecular weight excluding hydrogens is 454 g/mol. The van der Waals surface area contributed by atoms with Crippen molar-refractivity contribution in [1.82, 2.24) is 15.1 Å². The fourth-order valence-corrected chi connectivity index (χ4v) is 5.20. The van der Waals surface area contributed by atoms with Gasteiger partial charge >= 0.3 is 6.09 Å². The summed E-state index contributed by atoms with van der Waals surface area (Å²) < 4.78 is 65.7. The lowest BCUT2D eigenvalue weighted by molar-refractivity contribution is -0.0268. The zero-order valence-corrected chi connectivity index (χ0v) is 18.8. The van der Waals surface area contributed by atoms with Crippen LogP contribution in [0.3, 0.4) is 0 Å². The lowest BCUT2D eigenvalue weighted by Crippen LogP contribution is -2.50. The fourth-order valence-electron chi connectivity index (χ4n) is 5.20. The number of nitrogens with one attached hydrogen (secondary N) is 1. The van der Waals surface area contributed by atoms with Crippen LogP contribution in [0.25, 0.3) is 0 Å². The second kappa shape index (κ2) is 11.2. The summed E-state index contributed by atoms with van der Waals surface area (Å²) in [6.07, 6.45) is 4.59. The van der Waals surface area contributed by atoms with E-state index in [4.69, 9.17) is 9.47 Å². The first-order valence-electron chi connectivity index (χ1n) is 11.7. The summed E-state index contributed by atoms with van der Waals surface area (Å²) >= 11 is 0. The van der Waals surface area contributed by atoms with Crippen LogP contribution in [0.5, 0.6) is 0 Å². The molecule has 4 rings (SSSR count). The zero-order valence-electron chi connectivity index (χ0n) is 18.8. The minimum atomic E-state index is -1.11. The molecule has 2 aliphatic rings. The molecule has 2 heterocycles. The largest absolute Gasteiger partial charge is 0.447 e. The van der Waals surface area contributed by atoms with E-state index in [1.165, 1.54) is 0 Å². The number of aromatic amines is 1. The van der Waals surface area contributed by atoms with Crippen LogP contribution >= 0.6 is 0 Å². The van der Waals surface area contributed by atoms with Crippen LogP contribution in [0.15, 0.2) is 24.4 Å². The SMILES string of the molecule is O=C(OCCF)N1CCCC(c2ccn[nH]2)C1CO[C@H]1CC[C@@H](c2c(F)ccc(F)c2F)CC1. The van der Waals surface area contributed by atoms with E-state index < -0.39 is 36.1 Å². The first-order chi connectivity index (χ1) is 16.5. The van der Waals surface area contributed by atoms with E-state index >= 15 is 0 Å². The summed E-state index contributed by atoms with van der Waals surface area (Å²) in [6.45, 7) is -0.323. The van der Waals surface area contributed by atoms with E-state index in [-0.39, 0.29) is 36.8 Å². The number of amides is 1. The average Bonchev–Trinajstić information content (AvgIpc) is 3.39. The third kappa shape index (κ3) is 5.37. The summed E-state index contributed by atoms with van der Waals surface area (Å²) in [4.78, 5) is 14.2. The molecule has 2 aromatic rings. The molecule has 0 spiro atoms. The molecule has 34 heavy (non-hydrogen) atoms. The minimum absolute atomic E-state index is 0.0407. The van der Waals surface area contributed by atoms with Crippen LogP contribution in [0, 0.1) is 17.5 Å². The van der Waals surface area contributed by atoms with E-state index in [0.29, 0.717) is 32.2 Å². The van der Waals surface area contributed by atoms with Crippen molar-refractivity contribution < 1.29 is 31.8 Å². The maximum absolute atomic E-state index is 14.2. The van der Waals surface area contributed by atoms with Gasteiger partial charge in [0.1, 0.15) is 19.1 Å². The van der Waals surface area contributed by atoms with Gasteiger partial charge in [-0.25, -0.2) is 22.4 Å². The van der Waals surface area contributed by atoms with Crippen molar-refractivity contribution in [1.29, 1.82) is 0 Å². The Kier molecular flexibility index (Phi) is 8.07. The molecule has 10 heteroatoms. The molecule has 1 aliphatic carbocycles. The van der Waals surface area contributed by atoms with Gasteiger partial charge < -0.3 is 14.4 Å². The molecule has 1 aromatic carbocycles. The molecule has 186 valence electrons. The number of carbonyl (C=O) groups excluding carboxylic acids is 1. The van der Waals surface area contributed by atoms with Gasteiger partial charge in [-0.1, -0.05) is 0 Å². The van der Waals surface area contributed by atoms with Crippen molar-refractivity contribution in [2.75, 3.05) is 26.4 Å². The van der Waals surface area contributed by atoms with Gasteiger partial charge in [-0.2, -0.15) is 5.10 Å². The number of alkyl halides is 1. The van der Waals surface area contributed by atoms with Crippen LogP contribution in [0.1, 0.15) is 61.6 Å². The number of rotatable bonds is 7. The van der Waals surface area contributed by atoms with Gasteiger partial charge in [0.2, 0.25) is 0 Å². The molecule has 1 saturated heterocycles. The molecule has 1 N–H and O–H groups in total. The number of carbonyl (C=O) groups is 1. The highest BCUT2D eigenvalue weighted by molar-refractivity contribution is 5.68. The zero-order chi connectivity index (χ0) is 24.1. The van der Waals surface area contributed by atoms with Crippen LogP contribution < -0.4 is 0 Å². The number of likely N-dealkylation sites (tertiary alicyclic amines) is 1. The Hall–Kier alpha value is -2.62. The second-order valence-electron chi connectivity index (χ2n) is 8.89. The summed E-state index contributed by atoms with van der Waals surface area (Å²) in [5.74, 6) is -3.33. The number of hydrogen-bond acceptors (Lipinski definition) is 4. The summed E-state index contributed by atoms with van der Waals surface area (Å²) in [6, 6.07) is 3.30. The molecule has 2 atom stereocenters. The number of aromatic nitrogens is 2. The number of nitrogens with zero attached hydrogens (tertiary/aromatic N) is 2. The average molecular weight is 484 g/mol. The highest BCUT2D eigenvalue weighted by Gasteiger charge is 2.38. The summed E-state index contributed by atoms with van der Waals surface area (Å²) in [7, 11) is 0. The van der Waals surface area contributed by atoms with Gasteiger partial charge in [0, 0.05) is 29.9 Å². The lowest BCUT2D eigenvalue weighted by atomic mass is 9.82. The van der Waals surface area contributed by atoms with Crippen LogP contribution in [0.2, 0.25) is 0 Å². The molecule has 0 radical (unpaired) electrons. The van der Waals surface area contributed by atoms with Crippen LogP contribution in [-0.2, 0) is 9.47 Å². The Morgan fingerprint density at radius 3 is 2.56 bits per heavy atom. The van der Waals surface area contributed by atoms with E-state index in [9.17, 15) is 22.4 Å². The highest BCUT2D eigenvalue weighted by atomic mass is 19.2. The predicted octanol–water partition coefficient (Wildman–Crippen LogP) is 5.22. The summed E-state index contributed by atoms with van der Waals surface area (Å²) in [5.41, 5.74) is 0.698. The molecule has 1 saturated carbocycles. The predicted molar refractivity (Wildman–Crippen MR) is 116 cm³/mol. The van der Waals surface area contributed by atoms with Crippen molar-refractivity contribution in [3.63, 3.8) is 0 Å². The second-order valence-corrected chi connectivity index (χ2v) is 8.89. The van der Waals surface area contributed by atoms with E-state index in [1.807, 2.05) is 6.07 Å². The Morgan fingerprint density at radius 1 is 1.09 bits per heavy atom. The number of halogens is 4. The fraction of sp³-hybridized carbons (Fsp3) is 0.583. The Morgan fingerprint density at radius 2 is 1.85 bits per heavy atom. The van der Waals surface area contributed by atoms with Gasteiger partial charge in [0.25, 0.3) is 0 Å². The van der Waals surface area contributed by atoms with Gasteiger partial charge in [-0.05, 0) is 62.6 Å². The molecule has 1 aliphatic heterocycles. The van der Waals surface area contributed by atoms with E-state index in [1.54, 1.807) is 11.1 Å². The minimum Gasteiger partial charge on any atom is -0.447 e. The number of H-pyrrole nitrogens is 1. The van der Waals surface area contributed by atoms with Crippen molar-refractivity contribution >= 4 is 6.09 Å². The first kappa shape index (κ1) is 24.5. The molecule has 2 fully saturated rings. The van der Waals surface area contributed by atoms with Crippen molar-refractivity contribution in [3.8, 4) is 0 Å². The van der Waals surface area contributed by atoms with Gasteiger partial charge in [-0.3, -0.25) is 5.10 Å². The number of piperidine rings is 1. The molecule has 2 unspecified atom stereocenters.